The lowest BCUT2D eigenvalue weighted by Gasteiger charge is -2.28. The van der Waals surface area contributed by atoms with Crippen LogP contribution in [0.1, 0.15) is 30.7 Å². The molecule has 3 N–H and O–H groups in total. The van der Waals surface area contributed by atoms with Gasteiger partial charge in [0.2, 0.25) is 0 Å². The molecule has 0 unspecified atom stereocenters. The van der Waals surface area contributed by atoms with E-state index in [4.69, 9.17) is 10.3 Å². The molecule has 3 rings (SSSR count). The van der Waals surface area contributed by atoms with Crippen LogP contribution in [-0.2, 0) is 0 Å². The molecule has 4 heteroatoms. The van der Waals surface area contributed by atoms with Gasteiger partial charge in [0.15, 0.2) is 0 Å². The molecular formula is C15H19N3O. The maximum absolute atomic E-state index is 6.14. The number of hydrogen-bond acceptors (Lipinski definition) is 4. The minimum Gasteiger partial charge on any atom is -0.397 e. The van der Waals surface area contributed by atoms with Crippen molar-refractivity contribution in [1.29, 1.82) is 0 Å². The summed E-state index contributed by atoms with van der Waals surface area (Å²) in [4.78, 5) is 0. The summed E-state index contributed by atoms with van der Waals surface area (Å²) in [6, 6.07) is 6.71. The van der Waals surface area contributed by atoms with Gasteiger partial charge in [0.05, 0.1) is 17.1 Å². The van der Waals surface area contributed by atoms with Crippen molar-refractivity contribution in [3.05, 3.63) is 29.7 Å². The zero-order chi connectivity index (χ0) is 13.4. The van der Waals surface area contributed by atoms with E-state index in [0.29, 0.717) is 6.04 Å². The Hall–Kier alpha value is -1.97. The van der Waals surface area contributed by atoms with Crippen LogP contribution in [0, 0.1) is 13.8 Å². The molecule has 0 aliphatic heterocycles. The predicted molar refractivity (Wildman–Crippen MR) is 77.1 cm³/mol. The van der Waals surface area contributed by atoms with Gasteiger partial charge in [0, 0.05) is 11.6 Å². The van der Waals surface area contributed by atoms with E-state index in [9.17, 15) is 0 Å². The summed E-state index contributed by atoms with van der Waals surface area (Å²) in [5, 5.41) is 7.47. The van der Waals surface area contributed by atoms with Gasteiger partial charge >= 0.3 is 0 Å². The molecule has 0 amide bonds. The number of hydrogen-bond donors (Lipinski definition) is 2. The average Bonchev–Trinajstić information content (AvgIpc) is 2.65. The Balaban J connectivity index is 1.90. The normalized spacial score (nSPS) is 15.3. The van der Waals surface area contributed by atoms with Gasteiger partial charge in [0.25, 0.3) is 0 Å². The van der Waals surface area contributed by atoms with Crippen molar-refractivity contribution in [3.63, 3.8) is 0 Å². The minimum absolute atomic E-state index is 0.590. The number of aryl methyl sites for hydroxylation is 2. The fourth-order valence-electron chi connectivity index (χ4n) is 2.52. The summed E-state index contributed by atoms with van der Waals surface area (Å²) in [7, 11) is 0. The van der Waals surface area contributed by atoms with E-state index in [-0.39, 0.29) is 0 Å². The van der Waals surface area contributed by atoms with Gasteiger partial charge in [-0.25, -0.2) is 0 Å². The zero-order valence-corrected chi connectivity index (χ0v) is 11.4. The molecular weight excluding hydrogens is 238 g/mol. The van der Waals surface area contributed by atoms with E-state index < -0.39 is 0 Å². The standard InChI is InChI=1S/C15H19N3O/c1-9-15(10(2)19-18-9)11-6-7-14(13(16)8-11)17-12-4-3-5-12/h6-8,12,17H,3-5,16H2,1-2H3. The molecule has 1 aliphatic rings. The predicted octanol–water partition coefficient (Wildman–Crippen LogP) is 3.51. The summed E-state index contributed by atoms with van der Waals surface area (Å²) in [5.74, 6) is 0.830. The first kappa shape index (κ1) is 12.1. The van der Waals surface area contributed by atoms with E-state index >= 15 is 0 Å². The smallest absolute Gasteiger partial charge is 0.141 e. The third kappa shape index (κ3) is 2.18. The van der Waals surface area contributed by atoms with Gasteiger partial charge in [0.1, 0.15) is 5.76 Å². The molecule has 1 heterocycles. The number of nitrogens with two attached hydrogens (primary N) is 1. The number of rotatable bonds is 3. The highest BCUT2D eigenvalue weighted by molar-refractivity contribution is 5.77. The molecule has 0 saturated heterocycles. The third-order valence-electron chi connectivity index (χ3n) is 3.84. The number of nitrogen functional groups attached to an aromatic ring is 1. The summed E-state index contributed by atoms with van der Waals surface area (Å²) in [5.41, 5.74) is 11.0. The molecule has 19 heavy (non-hydrogen) atoms. The summed E-state index contributed by atoms with van der Waals surface area (Å²) >= 11 is 0. The van der Waals surface area contributed by atoms with Gasteiger partial charge < -0.3 is 15.6 Å². The van der Waals surface area contributed by atoms with Crippen molar-refractivity contribution in [2.24, 2.45) is 0 Å². The van der Waals surface area contributed by atoms with Crippen LogP contribution in [0.25, 0.3) is 11.1 Å². The molecule has 1 fully saturated rings. The second kappa shape index (κ2) is 4.61. The SMILES string of the molecule is Cc1noc(C)c1-c1ccc(NC2CCC2)c(N)c1. The van der Waals surface area contributed by atoms with Crippen molar-refractivity contribution in [1.82, 2.24) is 5.16 Å². The fraction of sp³-hybridized carbons (Fsp3) is 0.400. The first-order valence-electron chi connectivity index (χ1n) is 6.74. The van der Waals surface area contributed by atoms with Crippen molar-refractivity contribution in [2.75, 3.05) is 11.1 Å². The molecule has 0 bridgehead atoms. The highest BCUT2D eigenvalue weighted by Gasteiger charge is 2.18. The molecule has 1 aliphatic carbocycles. The molecule has 0 atom stereocenters. The molecule has 100 valence electrons. The zero-order valence-electron chi connectivity index (χ0n) is 11.4. The lowest BCUT2D eigenvalue weighted by Crippen LogP contribution is -2.27. The van der Waals surface area contributed by atoms with Crippen LogP contribution < -0.4 is 11.1 Å². The number of aromatic nitrogens is 1. The molecule has 2 aromatic rings. The van der Waals surface area contributed by atoms with Crippen molar-refractivity contribution >= 4 is 11.4 Å². The van der Waals surface area contributed by atoms with Crippen molar-refractivity contribution in [3.8, 4) is 11.1 Å². The average molecular weight is 257 g/mol. The first-order chi connectivity index (χ1) is 9.15. The van der Waals surface area contributed by atoms with Gasteiger partial charge in [-0.15, -0.1) is 0 Å². The van der Waals surface area contributed by atoms with Gasteiger partial charge in [-0.05, 0) is 50.8 Å². The number of nitrogens with zero attached hydrogens (tertiary/aromatic N) is 1. The lowest BCUT2D eigenvalue weighted by molar-refractivity contribution is 0.393. The molecule has 1 saturated carbocycles. The Morgan fingerprint density at radius 3 is 2.63 bits per heavy atom. The van der Waals surface area contributed by atoms with Crippen molar-refractivity contribution in [2.45, 2.75) is 39.2 Å². The Morgan fingerprint density at radius 2 is 2.11 bits per heavy atom. The van der Waals surface area contributed by atoms with Crippen LogP contribution in [0.2, 0.25) is 0 Å². The Labute approximate surface area is 113 Å². The largest absolute Gasteiger partial charge is 0.397 e. The Morgan fingerprint density at radius 1 is 1.32 bits per heavy atom. The molecule has 1 aromatic carbocycles. The van der Waals surface area contributed by atoms with Crippen LogP contribution >= 0.6 is 0 Å². The van der Waals surface area contributed by atoms with Crippen LogP contribution in [0.15, 0.2) is 22.7 Å². The van der Waals surface area contributed by atoms with Crippen LogP contribution in [0.5, 0.6) is 0 Å². The summed E-state index contributed by atoms with van der Waals surface area (Å²) in [6.07, 6.45) is 3.80. The highest BCUT2D eigenvalue weighted by atomic mass is 16.5. The summed E-state index contributed by atoms with van der Waals surface area (Å²) < 4.78 is 5.20. The molecule has 4 nitrogen and oxygen atoms in total. The van der Waals surface area contributed by atoms with E-state index in [1.54, 1.807) is 0 Å². The van der Waals surface area contributed by atoms with E-state index in [1.807, 2.05) is 19.9 Å². The number of benzene rings is 1. The fourth-order valence-corrected chi connectivity index (χ4v) is 2.52. The van der Waals surface area contributed by atoms with Crippen molar-refractivity contribution < 1.29 is 4.52 Å². The van der Waals surface area contributed by atoms with E-state index in [1.165, 1.54) is 19.3 Å². The topological polar surface area (TPSA) is 64.1 Å². The van der Waals surface area contributed by atoms with Crippen LogP contribution in [0.3, 0.4) is 0 Å². The second-order valence-electron chi connectivity index (χ2n) is 5.27. The van der Waals surface area contributed by atoms with Crippen LogP contribution in [-0.4, -0.2) is 11.2 Å². The van der Waals surface area contributed by atoms with Crippen LogP contribution in [0.4, 0.5) is 11.4 Å². The molecule has 1 aromatic heterocycles. The highest BCUT2D eigenvalue weighted by Crippen LogP contribution is 2.33. The second-order valence-corrected chi connectivity index (χ2v) is 5.27. The first-order valence-corrected chi connectivity index (χ1v) is 6.74. The quantitative estimate of drug-likeness (QED) is 0.826. The molecule has 0 spiro atoms. The monoisotopic (exact) mass is 257 g/mol. The Kier molecular flexibility index (Phi) is 2.93. The van der Waals surface area contributed by atoms with Gasteiger partial charge in [-0.3, -0.25) is 0 Å². The third-order valence-corrected chi connectivity index (χ3v) is 3.84. The Bertz CT molecular complexity index is 580. The maximum atomic E-state index is 6.14. The number of nitrogens with one attached hydrogen (secondary N) is 1. The van der Waals surface area contributed by atoms with Gasteiger partial charge in [-0.1, -0.05) is 11.2 Å². The number of anilines is 2. The minimum atomic E-state index is 0.590. The molecule has 0 radical (unpaired) electrons. The maximum Gasteiger partial charge on any atom is 0.141 e. The van der Waals surface area contributed by atoms with E-state index in [0.717, 1.165) is 34.0 Å². The van der Waals surface area contributed by atoms with E-state index in [2.05, 4.69) is 22.6 Å². The van der Waals surface area contributed by atoms with Gasteiger partial charge in [-0.2, -0.15) is 0 Å². The lowest BCUT2D eigenvalue weighted by atomic mass is 9.92. The summed E-state index contributed by atoms with van der Waals surface area (Å²) in [6.45, 7) is 3.87.